The van der Waals surface area contributed by atoms with E-state index in [9.17, 15) is 9.18 Å². The topological polar surface area (TPSA) is 45.2 Å². The number of pyridine rings is 1. The molecule has 1 amide bonds. The molecule has 0 unspecified atom stereocenters. The van der Waals surface area contributed by atoms with Crippen LogP contribution < -0.4 is 10.2 Å². The van der Waals surface area contributed by atoms with Gasteiger partial charge in [-0.1, -0.05) is 6.07 Å². The zero-order valence-corrected chi connectivity index (χ0v) is 10.7. The molecule has 2 aromatic rings. The Morgan fingerprint density at radius 1 is 1.32 bits per heavy atom. The van der Waals surface area contributed by atoms with E-state index in [0.717, 1.165) is 0 Å². The van der Waals surface area contributed by atoms with Gasteiger partial charge in [-0.2, -0.15) is 0 Å². The number of amides is 1. The van der Waals surface area contributed by atoms with Gasteiger partial charge < -0.3 is 10.2 Å². The van der Waals surface area contributed by atoms with Gasteiger partial charge in [0.2, 0.25) is 0 Å². The Hall–Kier alpha value is -2.43. The number of hydrogen-bond donors (Lipinski definition) is 1. The minimum atomic E-state index is -0.374. The van der Waals surface area contributed by atoms with Crippen LogP contribution in [0.1, 0.15) is 10.4 Å². The van der Waals surface area contributed by atoms with E-state index in [4.69, 9.17) is 0 Å². The Morgan fingerprint density at radius 2 is 2.11 bits per heavy atom. The molecule has 0 aliphatic carbocycles. The summed E-state index contributed by atoms with van der Waals surface area (Å²) in [4.78, 5) is 17.7. The lowest BCUT2D eigenvalue weighted by Crippen LogP contribution is -2.26. The highest BCUT2D eigenvalue weighted by molar-refractivity contribution is 6.05. The van der Waals surface area contributed by atoms with Crippen molar-refractivity contribution in [1.82, 2.24) is 4.98 Å². The predicted molar refractivity (Wildman–Crippen MR) is 72.9 cm³/mol. The van der Waals surface area contributed by atoms with Crippen molar-refractivity contribution in [1.29, 1.82) is 0 Å². The molecule has 1 aromatic heterocycles. The van der Waals surface area contributed by atoms with E-state index in [0.29, 0.717) is 17.1 Å². The molecule has 0 aliphatic rings. The highest BCUT2D eigenvalue weighted by Gasteiger charge is 2.14. The van der Waals surface area contributed by atoms with Crippen LogP contribution in [0, 0.1) is 5.82 Å². The SMILES string of the molecule is CNc1ccc(C(=O)N(C)c2cccc(F)c2)cn1. The van der Waals surface area contributed by atoms with Gasteiger partial charge in [-0.25, -0.2) is 9.37 Å². The van der Waals surface area contributed by atoms with Crippen LogP contribution in [-0.4, -0.2) is 25.0 Å². The van der Waals surface area contributed by atoms with Crippen molar-refractivity contribution < 1.29 is 9.18 Å². The van der Waals surface area contributed by atoms with E-state index < -0.39 is 0 Å². The number of nitrogens with one attached hydrogen (secondary N) is 1. The number of halogens is 1. The van der Waals surface area contributed by atoms with E-state index in [-0.39, 0.29) is 11.7 Å². The number of aromatic nitrogens is 1. The molecule has 19 heavy (non-hydrogen) atoms. The quantitative estimate of drug-likeness (QED) is 0.921. The maximum Gasteiger partial charge on any atom is 0.259 e. The minimum absolute atomic E-state index is 0.235. The van der Waals surface area contributed by atoms with E-state index in [1.165, 1.54) is 23.2 Å². The fraction of sp³-hybridized carbons (Fsp3) is 0.143. The molecule has 1 aromatic carbocycles. The standard InChI is InChI=1S/C14H14FN3O/c1-16-13-7-6-10(9-17-13)14(19)18(2)12-5-3-4-11(15)8-12/h3-9H,1-2H3,(H,16,17). The van der Waals surface area contributed by atoms with Crippen LogP contribution in [0.3, 0.4) is 0 Å². The fourth-order valence-electron chi connectivity index (χ4n) is 1.66. The van der Waals surface area contributed by atoms with Gasteiger partial charge in [0.1, 0.15) is 11.6 Å². The Morgan fingerprint density at radius 3 is 2.68 bits per heavy atom. The number of hydrogen-bond acceptors (Lipinski definition) is 3. The second kappa shape index (κ2) is 5.48. The average molecular weight is 259 g/mol. The van der Waals surface area contributed by atoms with Crippen LogP contribution in [0.2, 0.25) is 0 Å². The summed E-state index contributed by atoms with van der Waals surface area (Å²) in [6.45, 7) is 0. The van der Waals surface area contributed by atoms with Crippen LogP contribution >= 0.6 is 0 Å². The molecule has 98 valence electrons. The van der Waals surface area contributed by atoms with Gasteiger partial charge >= 0.3 is 0 Å². The third kappa shape index (κ3) is 2.88. The Labute approximate surface area is 110 Å². The maximum atomic E-state index is 13.1. The van der Waals surface area contributed by atoms with E-state index >= 15 is 0 Å². The van der Waals surface area contributed by atoms with Crippen LogP contribution in [0.15, 0.2) is 42.6 Å². The first-order valence-corrected chi connectivity index (χ1v) is 5.79. The molecular formula is C14H14FN3O. The lowest BCUT2D eigenvalue weighted by molar-refractivity contribution is 0.0992. The normalized spacial score (nSPS) is 10.1. The molecule has 0 saturated carbocycles. The van der Waals surface area contributed by atoms with Crippen molar-refractivity contribution in [3.05, 3.63) is 54.0 Å². The molecule has 0 bridgehead atoms. The van der Waals surface area contributed by atoms with Crippen molar-refractivity contribution in [2.75, 3.05) is 24.3 Å². The molecule has 0 radical (unpaired) electrons. The summed E-state index contributed by atoms with van der Waals surface area (Å²) in [6, 6.07) is 9.29. The van der Waals surface area contributed by atoms with Gasteiger partial charge in [-0.3, -0.25) is 4.79 Å². The fourth-order valence-corrected chi connectivity index (χ4v) is 1.66. The largest absolute Gasteiger partial charge is 0.373 e. The van der Waals surface area contributed by atoms with Crippen LogP contribution in [0.5, 0.6) is 0 Å². The number of carbonyl (C=O) groups excluding carboxylic acids is 1. The highest BCUT2D eigenvalue weighted by atomic mass is 19.1. The number of carbonyl (C=O) groups is 1. The van der Waals surface area contributed by atoms with E-state index in [1.54, 1.807) is 38.4 Å². The molecule has 1 N–H and O–H groups in total. The number of anilines is 2. The van der Waals surface area contributed by atoms with Crippen LogP contribution in [0.4, 0.5) is 15.9 Å². The maximum absolute atomic E-state index is 13.1. The highest BCUT2D eigenvalue weighted by Crippen LogP contribution is 2.16. The number of benzene rings is 1. The van der Waals surface area contributed by atoms with Crippen LogP contribution in [0.25, 0.3) is 0 Å². The summed E-state index contributed by atoms with van der Waals surface area (Å²) in [5.74, 6) is 0.0755. The van der Waals surface area contributed by atoms with Gasteiger partial charge in [0.25, 0.3) is 5.91 Å². The van der Waals surface area contributed by atoms with Gasteiger partial charge in [-0.15, -0.1) is 0 Å². The molecule has 0 saturated heterocycles. The lowest BCUT2D eigenvalue weighted by atomic mass is 10.2. The van der Waals surface area contributed by atoms with Crippen molar-refractivity contribution in [3.8, 4) is 0 Å². The summed E-state index contributed by atoms with van der Waals surface area (Å²) in [5.41, 5.74) is 0.952. The van der Waals surface area contributed by atoms with Crippen molar-refractivity contribution >= 4 is 17.4 Å². The van der Waals surface area contributed by atoms with Crippen LogP contribution in [-0.2, 0) is 0 Å². The summed E-state index contributed by atoms with van der Waals surface area (Å²) in [7, 11) is 3.35. The molecule has 2 rings (SSSR count). The molecular weight excluding hydrogens is 245 g/mol. The first kappa shape index (κ1) is 13.0. The van der Waals surface area contributed by atoms with Gasteiger partial charge in [0, 0.05) is 26.0 Å². The first-order chi connectivity index (χ1) is 9.11. The molecule has 5 heteroatoms. The molecule has 1 heterocycles. The summed E-state index contributed by atoms with van der Waals surface area (Å²) >= 11 is 0. The Balaban J connectivity index is 2.23. The van der Waals surface area contributed by atoms with E-state index in [1.807, 2.05) is 0 Å². The predicted octanol–water partition coefficient (Wildman–Crippen LogP) is 2.54. The second-order valence-electron chi connectivity index (χ2n) is 4.03. The second-order valence-corrected chi connectivity index (χ2v) is 4.03. The van der Waals surface area contributed by atoms with Crippen molar-refractivity contribution in [2.45, 2.75) is 0 Å². The number of nitrogens with zero attached hydrogens (tertiary/aromatic N) is 2. The minimum Gasteiger partial charge on any atom is -0.373 e. The molecule has 0 aliphatic heterocycles. The molecule has 0 fully saturated rings. The monoisotopic (exact) mass is 259 g/mol. The van der Waals surface area contributed by atoms with Gasteiger partial charge in [0.05, 0.1) is 5.56 Å². The summed E-state index contributed by atoms with van der Waals surface area (Å²) < 4.78 is 13.1. The third-order valence-corrected chi connectivity index (χ3v) is 2.77. The smallest absolute Gasteiger partial charge is 0.259 e. The average Bonchev–Trinajstić information content (AvgIpc) is 2.46. The Kier molecular flexibility index (Phi) is 3.75. The van der Waals surface area contributed by atoms with Gasteiger partial charge in [-0.05, 0) is 30.3 Å². The zero-order chi connectivity index (χ0) is 13.8. The summed E-state index contributed by atoms with van der Waals surface area (Å²) in [5, 5.41) is 2.88. The lowest BCUT2D eigenvalue weighted by Gasteiger charge is -2.17. The molecule has 4 nitrogen and oxygen atoms in total. The van der Waals surface area contributed by atoms with Crippen molar-refractivity contribution in [2.24, 2.45) is 0 Å². The number of rotatable bonds is 3. The third-order valence-electron chi connectivity index (χ3n) is 2.77. The molecule has 0 spiro atoms. The van der Waals surface area contributed by atoms with E-state index in [2.05, 4.69) is 10.3 Å². The zero-order valence-electron chi connectivity index (χ0n) is 10.7. The first-order valence-electron chi connectivity index (χ1n) is 5.79. The molecule has 0 atom stereocenters. The van der Waals surface area contributed by atoms with Crippen molar-refractivity contribution in [3.63, 3.8) is 0 Å². The Bertz CT molecular complexity index is 583. The summed E-state index contributed by atoms with van der Waals surface area (Å²) in [6.07, 6.45) is 1.49. The van der Waals surface area contributed by atoms with Gasteiger partial charge in [0.15, 0.2) is 0 Å².